The molecule has 0 aliphatic heterocycles. The van der Waals surface area contributed by atoms with Crippen LogP contribution in [0.2, 0.25) is 0 Å². The zero-order valence-corrected chi connectivity index (χ0v) is 19.1. The second kappa shape index (κ2) is 12.2. The minimum absolute atomic E-state index is 0. The normalized spacial score (nSPS) is 12.0. The summed E-state index contributed by atoms with van der Waals surface area (Å²) in [4.78, 5) is 4.18. The summed E-state index contributed by atoms with van der Waals surface area (Å²) in [6, 6.07) is 10.5. The lowest BCUT2D eigenvalue weighted by Gasteiger charge is -2.12. The summed E-state index contributed by atoms with van der Waals surface area (Å²) in [5.41, 5.74) is 1.25. The number of nitrogens with zero attached hydrogens (tertiary/aromatic N) is 2. The maximum absolute atomic E-state index is 11.3. The average Bonchev–Trinajstić information content (AvgIpc) is 3.06. The van der Waals surface area contributed by atoms with Crippen molar-refractivity contribution < 1.29 is 8.42 Å². The van der Waals surface area contributed by atoms with Crippen LogP contribution in [0.3, 0.4) is 0 Å². The fourth-order valence-electron chi connectivity index (χ4n) is 2.64. The van der Waals surface area contributed by atoms with Gasteiger partial charge < -0.3 is 15.2 Å². The van der Waals surface area contributed by atoms with E-state index < -0.39 is 10.0 Å². The molecule has 1 aromatic heterocycles. The molecule has 0 amide bonds. The summed E-state index contributed by atoms with van der Waals surface area (Å²) < 4.78 is 27.5. The number of rotatable bonds is 10. The smallest absolute Gasteiger partial charge is 0.211 e. The van der Waals surface area contributed by atoms with Crippen LogP contribution in [0.5, 0.6) is 0 Å². The number of benzene rings is 1. The molecule has 7 nitrogen and oxygen atoms in total. The summed E-state index contributed by atoms with van der Waals surface area (Å²) in [5, 5.41) is 7.74. The molecular formula is C18H30IN5O2S. The van der Waals surface area contributed by atoms with Crippen molar-refractivity contribution in [1.29, 1.82) is 0 Å². The van der Waals surface area contributed by atoms with Gasteiger partial charge in [0.2, 0.25) is 10.0 Å². The molecule has 0 saturated heterocycles. The predicted molar refractivity (Wildman–Crippen MR) is 123 cm³/mol. The van der Waals surface area contributed by atoms with E-state index in [4.69, 9.17) is 0 Å². The number of aliphatic imine (C=N–C) groups is 1. The van der Waals surface area contributed by atoms with Gasteiger partial charge in [-0.25, -0.2) is 13.1 Å². The Kier molecular flexibility index (Phi) is 10.7. The van der Waals surface area contributed by atoms with Crippen molar-refractivity contribution in [3.63, 3.8) is 0 Å². The van der Waals surface area contributed by atoms with E-state index in [9.17, 15) is 8.42 Å². The van der Waals surface area contributed by atoms with Gasteiger partial charge in [-0.05, 0) is 37.3 Å². The lowest BCUT2D eigenvalue weighted by Crippen LogP contribution is -2.39. The molecule has 0 unspecified atom stereocenters. The fourth-order valence-corrected chi connectivity index (χ4v) is 3.30. The molecule has 0 radical (unpaired) electrons. The van der Waals surface area contributed by atoms with Crippen LogP contribution >= 0.6 is 24.0 Å². The van der Waals surface area contributed by atoms with Gasteiger partial charge in [0.25, 0.3) is 0 Å². The Balaban J connectivity index is 0.00000364. The van der Waals surface area contributed by atoms with E-state index >= 15 is 0 Å². The molecule has 0 aliphatic rings. The number of sulfonamides is 1. The molecule has 0 saturated carbocycles. The van der Waals surface area contributed by atoms with Gasteiger partial charge in [-0.2, -0.15) is 0 Å². The third-order valence-corrected chi connectivity index (χ3v) is 5.52. The number of para-hydroxylation sites is 1. The van der Waals surface area contributed by atoms with Gasteiger partial charge in [0.05, 0.1) is 5.75 Å². The molecule has 2 rings (SSSR count). The highest BCUT2D eigenvalue weighted by molar-refractivity contribution is 14.0. The summed E-state index contributed by atoms with van der Waals surface area (Å²) >= 11 is 0. The third kappa shape index (κ3) is 8.06. The Morgan fingerprint density at radius 3 is 2.48 bits per heavy atom. The minimum Gasteiger partial charge on any atom is -0.356 e. The van der Waals surface area contributed by atoms with E-state index in [1.165, 1.54) is 10.9 Å². The topological polar surface area (TPSA) is 87.5 Å². The maximum atomic E-state index is 11.3. The van der Waals surface area contributed by atoms with Crippen LogP contribution in [0, 0.1) is 0 Å². The molecule has 1 aromatic carbocycles. The number of hydrogen-bond acceptors (Lipinski definition) is 3. The predicted octanol–water partition coefficient (Wildman–Crippen LogP) is 2.14. The first-order chi connectivity index (χ1) is 12.6. The van der Waals surface area contributed by atoms with Crippen molar-refractivity contribution in [1.82, 2.24) is 19.9 Å². The summed E-state index contributed by atoms with van der Waals surface area (Å²) in [6.07, 6.45) is 3.81. The van der Waals surface area contributed by atoms with Crippen LogP contribution in [-0.4, -0.2) is 51.4 Å². The van der Waals surface area contributed by atoms with Crippen molar-refractivity contribution in [2.24, 2.45) is 4.99 Å². The lowest BCUT2D eigenvalue weighted by molar-refractivity contribution is 0.579. The highest BCUT2D eigenvalue weighted by atomic mass is 127. The van der Waals surface area contributed by atoms with Gasteiger partial charge in [0, 0.05) is 44.9 Å². The standard InChI is InChI=1S/C18H29N5O2S.HI/c1-3-26(24,25)22-13-6-11-20-18(19-2)21-12-7-14-23-15-10-16-8-4-5-9-17(16)23;/h4-5,8-10,15,22H,3,6-7,11-14H2,1-2H3,(H2,19,20,21);1H. The first kappa shape index (κ1) is 23.7. The maximum Gasteiger partial charge on any atom is 0.211 e. The summed E-state index contributed by atoms with van der Waals surface area (Å²) in [7, 11) is -1.38. The van der Waals surface area contributed by atoms with Crippen molar-refractivity contribution in [2.45, 2.75) is 26.3 Å². The number of fused-ring (bicyclic) bond motifs is 1. The van der Waals surface area contributed by atoms with Gasteiger partial charge in [0.15, 0.2) is 5.96 Å². The van der Waals surface area contributed by atoms with Crippen molar-refractivity contribution >= 4 is 50.9 Å². The highest BCUT2D eigenvalue weighted by Crippen LogP contribution is 2.15. The van der Waals surface area contributed by atoms with Gasteiger partial charge in [-0.3, -0.25) is 4.99 Å². The molecule has 152 valence electrons. The first-order valence-electron chi connectivity index (χ1n) is 9.01. The molecule has 0 spiro atoms. The Hall–Kier alpha value is -1.33. The number of aromatic nitrogens is 1. The number of aryl methyl sites for hydroxylation is 1. The molecule has 2 aromatic rings. The van der Waals surface area contributed by atoms with Crippen LogP contribution in [0.1, 0.15) is 19.8 Å². The molecule has 0 aliphatic carbocycles. The van der Waals surface area contributed by atoms with Crippen LogP contribution in [-0.2, 0) is 16.6 Å². The number of hydrogen-bond donors (Lipinski definition) is 3. The molecule has 9 heteroatoms. The van der Waals surface area contributed by atoms with Gasteiger partial charge >= 0.3 is 0 Å². The van der Waals surface area contributed by atoms with Crippen LogP contribution in [0.15, 0.2) is 41.5 Å². The van der Waals surface area contributed by atoms with Crippen molar-refractivity contribution in [3.05, 3.63) is 36.5 Å². The molecule has 1 heterocycles. The Bertz CT molecular complexity index is 820. The number of nitrogens with one attached hydrogen (secondary N) is 3. The van der Waals surface area contributed by atoms with E-state index in [0.29, 0.717) is 19.5 Å². The summed E-state index contributed by atoms with van der Waals surface area (Å²) in [5.74, 6) is 0.848. The Morgan fingerprint density at radius 2 is 1.78 bits per heavy atom. The quantitative estimate of drug-likeness (QED) is 0.199. The second-order valence-corrected chi connectivity index (χ2v) is 8.09. The zero-order valence-electron chi connectivity index (χ0n) is 15.9. The van der Waals surface area contributed by atoms with Gasteiger partial charge in [0.1, 0.15) is 0 Å². The van der Waals surface area contributed by atoms with Crippen LogP contribution in [0.4, 0.5) is 0 Å². The third-order valence-electron chi connectivity index (χ3n) is 4.12. The lowest BCUT2D eigenvalue weighted by atomic mass is 10.2. The van der Waals surface area contributed by atoms with E-state index in [1.807, 2.05) is 0 Å². The largest absolute Gasteiger partial charge is 0.356 e. The Labute approximate surface area is 179 Å². The van der Waals surface area contributed by atoms with E-state index in [1.54, 1.807) is 14.0 Å². The highest BCUT2D eigenvalue weighted by Gasteiger charge is 2.04. The monoisotopic (exact) mass is 507 g/mol. The molecule has 0 bridgehead atoms. The molecule has 27 heavy (non-hydrogen) atoms. The number of guanidine groups is 1. The van der Waals surface area contributed by atoms with Crippen molar-refractivity contribution in [3.8, 4) is 0 Å². The van der Waals surface area contributed by atoms with Crippen LogP contribution in [0.25, 0.3) is 10.9 Å². The average molecular weight is 507 g/mol. The first-order valence-corrected chi connectivity index (χ1v) is 10.7. The van der Waals surface area contributed by atoms with E-state index in [2.05, 4.69) is 61.4 Å². The fraction of sp³-hybridized carbons (Fsp3) is 0.500. The van der Waals surface area contributed by atoms with E-state index in [0.717, 1.165) is 25.5 Å². The second-order valence-electron chi connectivity index (χ2n) is 6.00. The Morgan fingerprint density at radius 1 is 1.07 bits per heavy atom. The molecule has 3 N–H and O–H groups in total. The molecule has 0 atom stereocenters. The van der Waals surface area contributed by atoms with Crippen LogP contribution < -0.4 is 15.4 Å². The van der Waals surface area contributed by atoms with Gasteiger partial charge in [-0.15, -0.1) is 24.0 Å². The van der Waals surface area contributed by atoms with Crippen molar-refractivity contribution in [2.75, 3.05) is 32.4 Å². The molecule has 0 fully saturated rings. The van der Waals surface area contributed by atoms with Gasteiger partial charge in [-0.1, -0.05) is 18.2 Å². The molecular weight excluding hydrogens is 477 g/mol. The SMILES string of the molecule is CCS(=O)(=O)NCCCNC(=NC)NCCCn1ccc2ccccc21.I. The number of halogens is 1. The zero-order chi connectivity index (χ0) is 18.8. The minimum atomic E-state index is -3.11. The van der Waals surface area contributed by atoms with E-state index in [-0.39, 0.29) is 29.7 Å². The summed E-state index contributed by atoms with van der Waals surface area (Å²) in [6.45, 7) is 4.48.